The van der Waals surface area contributed by atoms with Crippen LogP contribution >= 0.6 is 0 Å². The van der Waals surface area contributed by atoms with Gasteiger partial charge in [0.1, 0.15) is 23.3 Å². The molecule has 1 fully saturated rings. The van der Waals surface area contributed by atoms with Crippen molar-refractivity contribution in [1.82, 2.24) is 14.8 Å². The molecular weight excluding hydrogens is 488 g/mol. The predicted octanol–water partition coefficient (Wildman–Crippen LogP) is 2.33. The molecule has 2 aliphatic rings. The van der Waals surface area contributed by atoms with Crippen molar-refractivity contribution in [2.75, 3.05) is 13.7 Å². The van der Waals surface area contributed by atoms with Gasteiger partial charge in [0, 0.05) is 31.5 Å². The lowest BCUT2D eigenvalue weighted by atomic mass is 10.0. The van der Waals surface area contributed by atoms with Crippen molar-refractivity contribution in [3.63, 3.8) is 0 Å². The van der Waals surface area contributed by atoms with Crippen LogP contribution in [0, 0.1) is 11.6 Å². The number of benzene rings is 2. The number of aromatic nitrogens is 1. The summed E-state index contributed by atoms with van der Waals surface area (Å²) in [5.41, 5.74) is -0.893. The molecule has 2 N–H and O–H groups in total. The summed E-state index contributed by atoms with van der Waals surface area (Å²) in [5, 5.41) is 13.1. The van der Waals surface area contributed by atoms with Crippen LogP contribution in [0.2, 0.25) is 0 Å². The number of ether oxygens (including phenoxy) is 2. The van der Waals surface area contributed by atoms with Gasteiger partial charge in [-0.1, -0.05) is 36.4 Å². The van der Waals surface area contributed by atoms with Gasteiger partial charge in [-0.2, -0.15) is 0 Å². The molecule has 2 unspecified atom stereocenters. The average Bonchev–Trinajstić information content (AvgIpc) is 3.24. The maximum absolute atomic E-state index is 13.9. The zero-order valence-corrected chi connectivity index (χ0v) is 19.7. The number of nitrogens with one attached hydrogen (secondary N) is 1. The Hall–Kier alpha value is -4.09. The van der Waals surface area contributed by atoms with E-state index in [-0.39, 0.29) is 31.0 Å². The predicted molar refractivity (Wildman–Crippen MR) is 126 cm³/mol. The minimum Gasteiger partial charge on any atom is -0.503 e. The minimum absolute atomic E-state index is 0.0124. The molecule has 192 valence electrons. The van der Waals surface area contributed by atoms with Gasteiger partial charge in [0.05, 0.1) is 19.2 Å². The Kier molecular flexibility index (Phi) is 6.48. The largest absolute Gasteiger partial charge is 0.503 e. The van der Waals surface area contributed by atoms with Gasteiger partial charge in [0.15, 0.2) is 17.7 Å². The lowest BCUT2D eigenvalue weighted by Gasteiger charge is -2.34. The molecule has 0 saturated carbocycles. The van der Waals surface area contributed by atoms with Crippen molar-refractivity contribution >= 4 is 11.8 Å². The Morgan fingerprint density at radius 3 is 2.65 bits per heavy atom. The smallest absolute Gasteiger partial charge is 0.277 e. The maximum Gasteiger partial charge on any atom is 0.277 e. The van der Waals surface area contributed by atoms with Crippen molar-refractivity contribution in [1.29, 1.82) is 0 Å². The van der Waals surface area contributed by atoms with Crippen LogP contribution in [0.25, 0.3) is 0 Å². The first kappa shape index (κ1) is 24.6. The molecule has 2 aliphatic heterocycles. The molecule has 3 heterocycles. The molecule has 2 aromatic carbocycles. The van der Waals surface area contributed by atoms with Gasteiger partial charge < -0.3 is 29.4 Å². The number of amides is 2. The van der Waals surface area contributed by atoms with Crippen molar-refractivity contribution in [2.45, 2.75) is 31.5 Å². The summed E-state index contributed by atoms with van der Waals surface area (Å²) < 4.78 is 39.9. The van der Waals surface area contributed by atoms with Crippen LogP contribution in [0.15, 0.2) is 59.5 Å². The molecule has 0 radical (unpaired) electrons. The van der Waals surface area contributed by atoms with Gasteiger partial charge in [0.25, 0.3) is 11.8 Å². The fraction of sp³-hybridized carbons (Fsp3) is 0.269. The fourth-order valence-corrected chi connectivity index (χ4v) is 4.79. The van der Waals surface area contributed by atoms with E-state index in [1.807, 2.05) is 30.3 Å². The number of aromatic hydroxyl groups is 1. The summed E-state index contributed by atoms with van der Waals surface area (Å²) in [4.78, 5) is 40.6. The molecule has 37 heavy (non-hydrogen) atoms. The van der Waals surface area contributed by atoms with Crippen LogP contribution in [0.1, 0.15) is 38.1 Å². The van der Waals surface area contributed by atoms with Crippen LogP contribution in [0.3, 0.4) is 0 Å². The number of carbonyl (C=O) groups is 2. The Bertz CT molecular complexity index is 1430. The number of halogens is 2. The first-order valence-corrected chi connectivity index (χ1v) is 11.5. The molecular formula is C26H23F2N3O6. The third-order valence-electron chi connectivity index (χ3n) is 6.53. The maximum atomic E-state index is 13.9. The van der Waals surface area contributed by atoms with Crippen molar-refractivity contribution in [3.05, 3.63) is 99.0 Å². The molecule has 0 bridgehead atoms. The van der Waals surface area contributed by atoms with E-state index in [4.69, 9.17) is 9.47 Å². The SMILES string of the molecule is COCC1[C@H](c2ccccc2)OC2Cn3cc(C(=O)NCc4ccc(F)cc4F)c(=O)c(O)c3C(=O)N21. The van der Waals surface area contributed by atoms with Gasteiger partial charge in [-0.15, -0.1) is 0 Å². The number of fused-ring (bicyclic) bond motifs is 2. The standard InChI is InChI=1S/C26H23F2N3O6/c1-36-13-19-24(14-5-3-2-4-6-14)37-20-12-30-11-17(22(32)23(33)21(30)26(35)31(19)20)25(34)29-10-15-7-8-16(27)9-18(15)28/h2-9,11,19-20,24,33H,10,12-13H2,1H3,(H,29,34)/t19?,20?,24-/m0/s1. The van der Waals surface area contributed by atoms with E-state index in [9.17, 15) is 28.3 Å². The summed E-state index contributed by atoms with van der Waals surface area (Å²) in [6.07, 6.45) is -0.0724. The number of hydrogen-bond donors (Lipinski definition) is 2. The molecule has 1 saturated heterocycles. The van der Waals surface area contributed by atoms with E-state index in [1.165, 1.54) is 28.8 Å². The number of methoxy groups -OCH3 is 1. The lowest BCUT2D eigenvalue weighted by molar-refractivity contribution is -0.0155. The molecule has 2 amide bonds. The summed E-state index contributed by atoms with van der Waals surface area (Å²) in [6.45, 7) is -0.110. The number of nitrogens with zero attached hydrogens (tertiary/aromatic N) is 2. The quantitative estimate of drug-likeness (QED) is 0.526. The van der Waals surface area contributed by atoms with Gasteiger partial charge in [-0.25, -0.2) is 8.78 Å². The summed E-state index contributed by atoms with van der Waals surface area (Å²) in [7, 11) is 1.50. The average molecular weight is 511 g/mol. The fourth-order valence-electron chi connectivity index (χ4n) is 4.79. The second kappa shape index (κ2) is 9.75. The Morgan fingerprint density at radius 2 is 1.95 bits per heavy atom. The van der Waals surface area contributed by atoms with E-state index in [0.717, 1.165) is 11.6 Å². The highest BCUT2D eigenvalue weighted by Crippen LogP contribution is 2.39. The number of hydrogen-bond acceptors (Lipinski definition) is 6. The minimum atomic E-state index is -1.04. The van der Waals surface area contributed by atoms with E-state index in [2.05, 4.69) is 5.32 Å². The van der Waals surface area contributed by atoms with E-state index >= 15 is 0 Å². The van der Waals surface area contributed by atoms with E-state index in [1.54, 1.807) is 0 Å². The van der Waals surface area contributed by atoms with Gasteiger partial charge in [-0.3, -0.25) is 14.4 Å². The van der Waals surface area contributed by atoms with Crippen LogP contribution in [-0.2, 0) is 22.6 Å². The first-order chi connectivity index (χ1) is 17.8. The zero-order valence-electron chi connectivity index (χ0n) is 19.7. The third kappa shape index (κ3) is 4.36. The molecule has 0 spiro atoms. The highest BCUT2D eigenvalue weighted by Gasteiger charge is 2.49. The number of carbonyl (C=O) groups excluding carboxylic acids is 2. The van der Waals surface area contributed by atoms with Crippen LogP contribution in [0.4, 0.5) is 8.78 Å². The molecule has 9 nitrogen and oxygen atoms in total. The third-order valence-corrected chi connectivity index (χ3v) is 6.53. The molecule has 3 atom stereocenters. The number of pyridine rings is 1. The highest BCUT2D eigenvalue weighted by molar-refractivity contribution is 5.99. The topological polar surface area (TPSA) is 110 Å². The Balaban J connectivity index is 1.44. The monoisotopic (exact) mass is 511 g/mol. The zero-order chi connectivity index (χ0) is 26.3. The van der Waals surface area contributed by atoms with E-state index < -0.39 is 58.6 Å². The molecule has 11 heteroatoms. The van der Waals surface area contributed by atoms with E-state index in [0.29, 0.717) is 6.07 Å². The normalized spacial score (nSPS) is 20.5. The van der Waals surface area contributed by atoms with Crippen molar-refractivity contribution < 1.29 is 33.0 Å². The Labute approximate surface area is 209 Å². The van der Waals surface area contributed by atoms with Crippen LogP contribution < -0.4 is 10.7 Å². The molecule has 5 rings (SSSR count). The first-order valence-electron chi connectivity index (χ1n) is 11.5. The summed E-state index contributed by atoms with van der Waals surface area (Å²) in [5.74, 6) is -4.01. The van der Waals surface area contributed by atoms with Crippen LogP contribution in [-0.4, -0.2) is 52.4 Å². The molecule has 0 aliphatic carbocycles. The highest BCUT2D eigenvalue weighted by atomic mass is 19.1. The van der Waals surface area contributed by atoms with Crippen molar-refractivity contribution in [3.8, 4) is 5.75 Å². The van der Waals surface area contributed by atoms with Gasteiger partial charge in [-0.05, 0) is 11.6 Å². The molecule has 3 aromatic rings. The second-order valence-corrected chi connectivity index (χ2v) is 8.80. The van der Waals surface area contributed by atoms with Gasteiger partial charge in [0.2, 0.25) is 5.43 Å². The second-order valence-electron chi connectivity index (χ2n) is 8.80. The van der Waals surface area contributed by atoms with Gasteiger partial charge >= 0.3 is 0 Å². The van der Waals surface area contributed by atoms with Crippen LogP contribution in [0.5, 0.6) is 5.75 Å². The molecule has 1 aromatic heterocycles. The van der Waals surface area contributed by atoms with Crippen molar-refractivity contribution in [2.24, 2.45) is 0 Å². The summed E-state index contributed by atoms with van der Waals surface area (Å²) >= 11 is 0. The number of rotatable bonds is 6. The lowest BCUT2D eigenvalue weighted by Crippen LogP contribution is -2.51. The summed E-state index contributed by atoms with van der Waals surface area (Å²) in [6, 6.07) is 11.7. The Morgan fingerprint density at radius 1 is 1.19 bits per heavy atom.